The van der Waals surface area contributed by atoms with E-state index in [1.165, 1.54) is 0 Å². The molecular formula is C14H30N2O4. The van der Waals surface area contributed by atoms with Gasteiger partial charge in [0, 0.05) is 39.3 Å². The van der Waals surface area contributed by atoms with Gasteiger partial charge in [-0.15, -0.1) is 0 Å². The third-order valence-corrected chi connectivity index (χ3v) is 3.25. The number of aliphatic hydroxyl groups excluding tert-OH is 2. The molecule has 0 aromatic carbocycles. The summed E-state index contributed by atoms with van der Waals surface area (Å²) in [5, 5.41) is 18.9. The van der Waals surface area contributed by atoms with Crippen molar-refractivity contribution in [2.45, 2.75) is 26.1 Å². The Balaban J connectivity index is 2.34. The van der Waals surface area contributed by atoms with Crippen molar-refractivity contribution in [3.63, 3.8) is 0 Å². The van der Waals surface area contributed by atoms with Crippen molar-refractivity contribution >= 4 is 0 Å². The Kier molecular flexibility index (Phi) is 9.33. The summed E-state index contributed by atoms with van der Waals surface area (Å²) in [7, 11) is 0. The van der Waals surface area contributed by atoms with Crippen LogP contribution < -0.4 is 0 Å². The van der Waals surface area contributed by atoms with Crippen LogP contribution in [0.5, 0.6) is 0 Å². The monoisotopic (exact) mass is 290 g/mol. The topological polar surface area (TPSA) is 65.4 Å². The zero-order valence-electron chi connectivity index (χ0n) is 12.8. The van der Waals surface area contributed by atoms with Gasteiger partial charge < -0.3 is 19.7 Å². The first kappa shape index (κ1) is 17.8. The highest BCUT2D eigenvalue weighted by atomic mass is 16.5. The summed E-state index contributed by atoms with van der Waals surface area (Å²) >= 11 is 0. The van der Waals surface area contributed by atoms with E-state index in [2.05, 4.69) is 9.80 Å². The molecule has 0 aromatic heterocycles. The van der Waals surface area contributed by atoms with Gasteiger partial charge in [0.25, 0.3) is 0 Å². The predicted octanol–water partition coefficient (Wildman–Crippen LogP) is -0.601. The molecule has 0 aliphatic carbocycles. The zero-order valence-corrected chi connectivity index (χ0v) is 12.8. The van der Waals surface area contributed by atoms with Crippen molar-refractivity contribution in [3.05, 3.63) is 0 Å². The van der Waals surface area contributed by atoms with E-state index in [4.69, 9.17) is 9.47 Å². The molecule has 0 saturated carbocycles. The predicted molar refractivity (Wildman–Crippen MR) is 77.9 cm³/mol. The van der Waals surface area contributed by atoms with Crippen LogP contribution >= 0.6 is 0 Å². The van der Waals surface area contributed by atoms with Crippen LogP contribution in [0.1, 0.15) is 13.8 Å². The molecule has 0 radical (unpaired) electrons. The first-order valence-electron chi connectivity index (χ1n) is 7.54. The molecule has 0 spiro atoms. The lowest BCUT2D eigenvalue weighted by molar-refractivity contribution is 0.0183. The second kappa shape index (κ2) is 10.5. The lowest BCUT2D eigenvalue weighted by Crippen LogP contribution is -2.40. The molecule has 6 nitrogen and oxygen atoms in total. The maximum atomic E-state index is 9.46. The molecule has 1 fully saturated rings. The van der Waals surface area contributed by atoms with Gasteiger partial charge in [-0.25, -0.2) is 0 Å². The first-order valence-corrected chi connectivity index (χ1v) is 7.54. The van der Waals surface area contributed by atoms with Gasteiger partial charge >= 0.3 is 0 Å². The van der Waals surface area contributed by atoms with Crippen LogP contribution in [0.4, 0.5) is 0 Å². The van der Waals surface area contributed by atoms with E-state index in [-0.39, 0.29) is 12.2 Å². The third kappa shape index (κ3) is 8.84. The summed E-state index contributed by atoms with van der Waals surface area (Å²) in [6.45, 7) is 10.8. The fraction of sp³-hybridized carbons (Fsp3) is 1.00. The van der Waals surface area contributed by atoms with Gasteiger partial charge in [-0.05, 0) is 13.8 Å². The Morgan fingerprint density at radius 2 is 1.05 bits per heavy atom. The van der Waals surface area contributed by atoms with Crippen LogP contribution in [-0.2, 0) is 9.47 Å². The smallest absolute Gasteiger partial charge is 0.0639 e. The van der Waals surface area contributed by atoms with Crippen molar-refractivity contribution in [2.75, 3.05) is 65.7 Å². The lowest BCUT2D eigenvalue weighted by atomic mass is 10.3. The molecule has 1 saturated heterocycles. The van der Waals surface area contributed by atoms with Crippen molar-refractivity contribution in [3.8, 4) is 0 Å². The summed E-state index contributed by atoms with van der Waals surface area (Å²) in [6, 6.07) is 0. The molecule has 6 heteroatoms. The second-order valence-corrected chi connectivity index (χ2v) is 5.52. The number of β-amino-alcohol motifs (C(OH)–C–C–N with tert-alkyl or cyclic N) is 2. The zero-order chi connectivity index (χ0) is 14.8. The quantitative estimate of drug-likeness (QED) is 0.721. The molecule has 1 aliphatic rings. The fourth-order valence-electron chi connectivity index (χ4n) is 2.31. The Morgan fingerprint density at radius 3 is 1.30 bits per heavy atom. The number of nitrogens with zero attached hydrogens (tertiary/aromatic N) is 2. The van der Waals surface area contributed by atoms with Crippen LogP contribution in [0.25, 0.3) is 0 Å². The van der Waals surface area contributed by atoms with Gasteiger partial charge in [0.05, 0.1) is 38.6 Å². The maximum Gasteiger partial charge on any atom is 0.0639 e. The summed E-state index contributed by atoms with van der Waals surface area (Å²) in [5.74, 6) is 0. The Labute approximate surface area is 122 Å². The number of ether oxygens (including phenoxy) is 2. The van der Waals surface area contributed by atoms with E-state index in [1.807, 2.05) is 0 Å². The fourth-order valence-corrected chi connectivity index (χ4v) is 2.31. The highest BCUT2D eigenvalue weighted by Gasteiger charge is 2.12. The summed E-state index contributed by atoms with van der Waals surface area (Å²) in [5.41, 5.74) is 0. The molecule has 2 atom stereocenters. The minimum atomic E-state index is -0.329. The Hall–Kier alpha value is -0.240. The highest BCUT2D eigenvalue weighted by molar-refractivity contribution is 4.64. The summed E-state index contributed by atoms with van der Waals surface area (Å²) in [6.07, 6.45) is -0.658. The van der Waals surface area contributed by atoms with Crippen molar-refractivity contribution < 1.29 is 19.7 Å². The molecule has 120 valence electrons. The number of hydrogen-bond donors (Lipinski definition) is 2. The number of aliphatic hydroxyl groups is 2. The van der Waals surface area contributed by atoms with Crippen molar-refractivity contribution in [1.82, 2.24) is 9.80 Å². The van der Waals surface area contributed by atoms with E-state index < -0.39 is 0 Å². The minimum Gasteiger partial charge on any atom is -0.392 e. The van der Waals surface area contributed by atoms with E-state index in [9.17, 15) is 10.2 Å². The Morgan fingerprint density at radius 1 is 0.750 bits per heavy atom. The van der Waals surface area contributed by atoms with Gasteiger partial charge in [0.15, 0.2) is 0 Å². The normalized spacial score (nSPS) is 24.6. The molecule has 1 heterocycles. The molecule has 0 amide bonds. The van der Waals surface area contributed by atoms with Crippen molar-refractivity contribution in [2.24, 2.45) is 0 Å². The van der Waals surface area contributed by atoms with E-state index in [0.29, 0.717) is 39.5 Å². The lowest BCUT2D eigenvalue weighted by Gasteiger charge is -2.27. The minimum absolute atomic E-state index is 0.329. The van der Waals surface area contributed by atoms with Gasteiger partial charge in [0.2, 0.25) is 0 Å². The summed E-state index contributed by atoms with van der Waals surface area (Å²) < 4.78 is 11.3. The average Bonchev–Trinajstić information content (AvgIpc) is 2.33. The number of hydrogen-bond acceptors (Lipinski definition) is 6. The molecule has 1 aliphatic heterocycles. The highest BCUT2D eigenvalue weighted by Crippen LogP contribution is 1.98. The molecule has 0 aromatic rings. The molecule has 1 rings (SSSR count). The first-order chi connectivity index (χ1) is 9.58. The van der Waals surface area contributed by atoms with E-state index in [0.717, 1.165) is 26.2 Å². The SMILES string of the molecule is C[C@H](O)CN1CCOCCN(C[C@@H](C)O)CCOCC1. The van der Waals surface area contributed by atoms with Gasteiger partial charge in [-0.1, -0.05) is 0 Å². The molecule has 2 N–H and O–H groups in total. The largest absolute Gasteiger partial charge is 0.392 e. The van der Waals surface area contributed by atoms with E-state index >= 15 is 0 Å². The third-order valence-electron chi connectivity index (χ3n) is 3.25. The summed E-state index contributed by atoms with van der Waals surface area (Å²) in [4.78, 5) is 4.33. The van der Waals surface area contributed by atoms with Crippen LogP contribution in [0.2, 0.25) is 0 Å². The average molecular weight is 290 g/mol. The molecule has 0 unspecified atom stereocenters. The van der Waals surface area contributed by atoms with Gasteiger partial charge in [-0.2, -0.15) is 0 Å². The van der Waals surface area contributed by atoms with Crippen molar-refractivity contribution in [1.29, 1.82) is 0 Å². The van der Waals surface area contributed by atoms with Crippen LogP contribution in [0.3, 0.4) is 0 Å². The molecule has 20 heavy (non-hydrogen) atoms. The second-order valence-electron chi connectivity index (χ2n) is 5.52. The molecular weight excluding hydrogens is 260 g/mol. The van der Waals surface area contributed by atoms with E-state index in [1.54, 1.807) is 13.8 Å². The standard InChI is InChI=1S/C14H30N2O4/c1-13(17)11-15-3-7-19-9-5-16(12-14(2)18)6-10-20-8-4-15/h13-14,17-18H,3-12H2,1-2H3/t13-,14+. The van der Waals surface area contributed by atoms with Crippen LogP contribution in [-0.4, -0.2) is 97.9 Å². The van der Waals surface area contributed by atoms with Crippen LogP contribution in [0, 0.1) is 0 Å². The number of rotatable bonds is 4. The maximum absolute atomic E-state index is 9.46. The van der Waals surface area contributed by atoms with Gasteiger partial charge in [0.1, 0.15) is 0 Å². The van der Waals surface area contributed by atoms with Gasteiger partial charge in [-0.3, -0.25) is 9.80 Å². The Bertz CT molecular complexity index is 203. The van der Waals surface area contributed by atoms with Crippen LogP contribution in [0.15, 0.2) is 0 Å². The molecule has 0 bridgehead atoms.